The number of ether oxygens (including phenoxy) is 1. The molecule has 2 aliphatic rings. The summed E-state index contributed by atoms with van der Waals surface area (Å²) in [6, 6.07) is 8.33. The van der Waals surface area contributed by atoms with E-state index >= 15 is 0 Å². The first-order valence-corrected chi connectivity index (χ1v) is 10.9. The summed E-state index contributed by atoms with van der Waals surface area (Å²) < 4.78 is 43.0. The van der Waals surface area contributed by atoms with Gasteiger partial charge in [0.1, 0.15) is 5.75 Å². The Kier molecular flexibility index (Phi) is 5.16. The van der Waals surface area contributed by atoms with Crippen LogP contribution in [0.3, 0.4) is 0 Å². The zero-order valence-corrected chi connectivity index (χ0v) is 17.1. The van der Waals surface area contributed by atoms with Crippen LogP contribution in [0.5, 0.6) is 5.75 Å². The normalized spacial score (nSPS) is 23.1. The van der Waals surface area contributed by atoms with E-state index in [4.69, 9.17) is 0 Å². The van der Waals surface area contributed by atoms with Crippen LogP contribution < -0.4 is 4.74 Å². The number of hydrogen-bond donors (Lipinski definition) is 1. The molecule has 0 bridgehead atoms. The molecule has 31 heavy (non-hydrogen) atoms. The second-order valence-corrected chi connectivity index (χ2v) is 8.82. The van der Waals surface area contributed by atoms with Crippen molar-refractivity contribution in [3.8, 4) is 5.75 Å². The number of hydrogen-bond acceptors (Lipinski definition) is 3. The van der Waals surface area contributed by atoms with Gasteiger partial charge in [-0.25, -0.2) is 4.98 Å². The SMILES string of the molecule is O[C@H](c1c(C2CC2)ccn2cncc12)C1CCC(c2ccc(OC(F)(F)F)cc2)CC1. The van der Waals surface area contributed by atoms with Crippen molar-refractivity contribution in [1.82, 2.24) is 9.38 Å². The van der Waals surface area contributed by atoms with Crippen molar-refractivity contribution < 1.29 is 23.0 Å². The average molecular weight is 430 g/mol. The Hall–Kier alpha value is -2.54. The minimum absolute atomic E-state index is 0.169. The van der Waals surface area contributed by atoms with Crippen LogP contribution in [-0.2, 0) is 0 Å². The van der Waals surface area contributed by atoms with Gasteiger partial charge in [0, 0.05) is 11.8 Å². The summed E-state index contributed by atoms with van der Waals surface area (Å²) >= 11 is 0. The van der Waals surface area contributed by atoms with Crippen molar-refractivity contribution in [2.75, 3.05) is 0 Å². The van der Waals surface area contributed by atoms with E-state index in [1.165, 1.54) is 30.5 Å². The molecule has 4 nitrogen and oxygen atoms in total. The van der Waals surface area contributed by atoms with Crippen molar-refractivity contribution in [1.29, 1.82) is 0 Å². The molecule has 0 spiro atoms. The van der Waals surface area contributed by atoms with Gasteiger partial charge in [0.2, 0.25) is 0 Å². The molecule has 0 unspecified atom stereocenters. The van der Waals surface area contributed by atoms with Crippen molar-refractivity contribution >= 4 is 5.52 Å². The fourth-order valence-corrected chi connectivity index (χ4v) is 5.05. The highest BCUT2D eigenvalue weighted by Crippen LogP contribution is 2.48. The Bertz CT molecular complexity index is 1050. The number of pyridine rings is 1. The molecule has 164 valence electrons. The summed E-state index contributed by atoms with van der Waals surface area (Å²) in [5, 5.41) is 11.4. The van der Waals surface area contributed by atoms with Gasteiger partial charge in [-0.15, -0.1) is 13.2 Å². The van der Waals surface area contributed by atoms with Gasteiger partial charge in [-0.1, -0.05) is 12.1 Å². The lowest BCUT2D eigenvalue weighted by molar-refractivity contribution is -0.274. The lowest BCUT2D eigenvalue weighted by atomic mass is 9.75. The molecule has 1 N–H and O–H groups in total. The van der Waals surface area contributed by atoms with Gasteiger partial charge in [0.25, 0.3) is 0 Å². The summed E-state index contributed by atoms with van der Waals surface area (Å²) in [6.07, 6.45) is 6.34. The van der Waals surface area contributed by atoms with Gasteiger partial charge in [-0.2, -0.15) is 0 Å². The molecular formula is C24H25F3N2O2. The number of aromatic nitrogens is 2. The second kappa shape index (κ2) is 7.86. The van der Waals surface area contributed by atoms with E-state index in [0.717, 1.165) is 42.3 Å². The standard InChI is InChI=1S/C24H25F3N2O2/c25-24(26,27)31-19-9-7-16(8-10-19)15-1-5-18(6-2-15)23(30)22-20(17-3-4-17)11-12-29-14-28-13-21(22)29/h7-15,17-18,23,30H,1-6H2/t15?,18?,23-/m0/s1. The molecule has 0 aliphatic heterocycles. The first-order chi connectivity index (χ1) is 14.9. The maximum absolute atomic E-state index is 12.4. The molecule has 2 aromatic heterocycles. The summed E-state index contributed by atoms with van der Waals surface area (Å²) in [5.41, 5.74) is 4.29. The minimum Gasteiger partial charge on any atom is -0.406 e. The first-order valence-electron chi connectivity index (χ1n) is 10.9. The van der Waals surface area contributed by atoms with E-state index < -0.39 is 12.5 Å². The Morgan fingerprint density at radius 1 is 0.968 bits per heavy atom. The summed E-state index contributed by atoms with van der Waals surface area (Å²) in [5.74, 6) is 0.805. The van der Waals surface area contributed by atoms with Gasteiger partial charge in [-0.3, -0.25) is 0 Å². The van der Waals surface area contributed by atoms with Crippen molar-refractivity contribution in [2.24, 2.45) is 5.92 Å². The minimum atomic E-state index is -4.67. The van der Waals surface area contributed by atoms with E-state index in [1.54, 1.807) is 18.5 Å². The van der Waals surface area contributed by atoms with Crippen LogP contribution in [0.1, 0.15) is 73.2 Å². The topological polar surface area (TPSA) is 46.8 Å². The lowest BCUT2D eigenvalue weighted by Gasteiger charge is -2.33. The number of benzene rings is 1. The van der Waals surface area contributed by atoms with Crippen LogP contribution in [0.15, 0.2) is 49.1 Å². The number of nitrogens with zero attached hydrogens (tertiary/aromatic N) is 2. The Balaban J connectivity index is 1.28. The second-order valence-electron chi connectivity index (χ2n) is 8.82. The zero-order chi connectivity index (χ0) is 21.6. The van der Waals surface area contributed by atoms with E-state index in [9.17, 15) is 18.3 Å². The van der Waals surface area contributed by atoms with Crippen molar-refractivity contribution in [3.05, 3.63) is 65.7 Å². The highest BCUT2D eigenvalue weighted by atomic mass is 19.4. The monoisotopic (exact) mass is 430 g/mol. The lowest BCUT2D eigenvalue weighted by Crippen LogP contribution is -2.21. The van der Waals surface area contributed by atoms with Crippen LogP contribution in [0.4, 0.5) is 13.2 Å². The number of fused-ring (bicyclic) bond motifs is 1. The molecule has 1 atom stereocenters. The van der Waals surface area contributed by atoms with Gasteiger partial charge in [0.05, 0.1) is 24.1 Å². The number of aliphatic hydroxyl groups is 1. The molecule has 2 saturated carbocycles. The van der Waals surface area contributed by atoms with Crippen molar-refractivity contribution in [2.45, 2.75) is 62.8 Å². The number of halogens is 3. The summed E-state index contributed by atoms with van der Waals surface area (Å²) in [6.45, 7) is 0. The fraction of sp³-hybridized carbons (Fsp3) is 0.458. The molecule has 5 rings (SSSR count). The van der Waals surface area contributed by atoms with Crippen LogP contribution >= 0.6 is 0 Å². The van der Waals surface area contributed by atoms with Crippen molar-refractivity contribution in [3.63, 3.8) is 0 Å². The molecule has 7 heteroatoms. The first kappa shape index (κ1) is 20.4. The number of rotatable bonds is 5. The van der Waals surface area contributed by atoms with Gasteiger partial charge >= 0.3 is 6.36 Å². The third-order valence-corrected chi connectivity index (χ3v) is 6.78. The molecule has 2 aliphatic carbocycles. The van der Waals surface area contributed by atoms with Gasteiger partial charge in [-0.05, 0) is 85.6 Å². The fourth-order valence-electron chi connectivity index (χ4n) is 5.05. The predicted octanol–water partition coefficient (Wildman–Crippen LogP) is 6.12. The predicted molar refractivity (Wildman–Crippen MR) is 110 cm³/mol. The molecule has 0 radical (unpaired) electrons. The molecule has 1 aromatic carbocycles. The molecular weight excluding hydrogens is 405 g/mol. The van der Waals surface area contributed by atoms with Crippen LogP contribution in [0.25, 0.3) is 5.52 Å². The van der Waals surface area contributed by atoms with E-state index in [1.807, 2.05) is 16.8 Å². The maximum atomic E-state index is 12.4. The third kappa shape index (κ3) is 4.28. The van der Waals surface area contributed by atoms with Gasteiger partial charge in [0.15, 0.2) is 0 Å². The molecule has 0 amide bonds. The summed E-state index contributed by atoms with van der Waals surface area (Å²) in [7, 11) is 0. The van der Waals surface area contributed by atoms with Gasteiger partial charge < -0.3 is 14.2 Å². The third-order valence-electron chi connectivity index (χ3n) is 6.78. The Morgan fingerprint density at radius 2 is 1.65 bits per heavy atom. The Labute approximate surface area is 178 Å². The quantitative estimate of drug-likeness (QED) is 0.531. The number of alkyl halides is 3. The summed E-state index contributed by atoms with van der Waals surface area (Å²) in [4.78, 5) is 4.26. The van der Waals surface area contributed by atoms with E-state index in [0.29, 0.717) is 5.92 Å². The largest absolute Gasteiger partial charge is 0.573 e. The average Bonchev–Trinajstić information content (AvgIpc) is 3.48. The van der Waals surface area contributed by atoms with E-state index in [-0.39, 0.29) is 17.6 Å². The molecule has 2 fully saturated rings. The molecule has 2 heterocycles. The van der Waals surface area contributed by atoms with E-state index in [2.05, 4.69) is 15.8 Å². The van der Waals surface area contributed by atoms with Crippen LogP contribution in [-0.4, -0.2) is 20.9 Å². The van der Waals surface area contributed by atoms with Crippen LogP contribution in [0.2, 0.25) is 0 Å². The number of imidazole rings is 1. The highest BCUT2D eigenvalue weighted by Gasteiger charge is 2.35. The Morgan fingerprint density at radius 3 is 2.29 bits per heavy atom. The smallest absolute Gasteiger partial charge is 0.406 e. The number of aliphatic hydroxyl groups excluding tert-OH is 1. The maximum Gasteiger partial charge on any atom is 0.573 e. The molecule has 3 aromatic rings. The highest BCUT2D eigenvalue weighted by molar-refractivity contribution is 5.59. The zero-order valence-electron chi connectivity index (χ0n) is 17.1. The molecule has 0 saturated heterocycles. The van der Waals surface area contributed by atoms with Crippen LogP contribution in [0, 0.1) is 5.92 Å².